The Bertz CT molecular complexity index is 1080. The van der Waals surface area contributed by atoms with Crippen LogP contribution in [0.25, 0.3) is 0 Å². The molecule has 17 heteroatoms. The van der Waals surface area contributed by atoms with E-state index in [9.17, 15) is 39.3 Å². The number of hydrogen-bond acceptors (Lipinski definition) is 10. The fourth-order valence-electron chi connectivity index (χ4n) is 3.53. The lowest BCUT2D eigenvalue weighted by molar-refractivity contribution is -0.142. The molecular weight excluding hydrogens is 572 g/mol. The van der Waals surface area contributed by atoms with Crippen LogP contribution >= 0.6 is 11.8 Å². The van der Waals surface area contributed by atoms with Gasteiger partial charge >= 0.3 is 5.97 Å². The summed E-state index contributed by atoms with van der Waals surface area (Å²) in [4.78, 5) is 65.5. The van der Waals surface area contributed by atoms with Gasteiger partial charge in [0.25, 0.3) is 0 Å². The number of aliphatic carboxylic acids is 1. The Labute approximate surface area is 247 Å². The van der Waals surface area contributed by atoms with Gasteiger partial charge in [0, 0.05) is 6.54 Å². The minimum absolute atomic E-state index is 0.0121. The monoisotopic (exact) mass is 612 g/mol. The lowest BCUT2D eigenvalue weighted by Gasteiger charge is -2.22. The molecule has 0 aliphatic heterocycles. The molecule has 0 spiro atoms. The van der Waals surface area contributed by atoms with E-state index in [1.54, 1.807) is 12.1 Å². The van der Waals surface area contributed by atoms with Crippen LogP contribution in [0.4, 0.5) is 0 Å². The standard InChI is InChI=1S/C25H40N8O8S/c1-42-10-8-17(32-21(37)16(26)11-14-4-6-15(35)7-5-14)22(38)30-12-20(36)31-19(13-34)23(39)33-18(24(40)41)3-2-9-29-25(27)28/h4-7,16-19,34-35H,2-3,8-13,26H2,1H3,(H,30,38)(H,31,36)(H,32,37)(H,33,39)(H,40,41)(H4,27,28,29)/t16-,17-,18-,19-/m0/s1. The summed E-state index contributed by atoms with van der Waals surface area (Å²) in [6.45, 7) is -1.28. The molecule has 0 aromatic heterocycles. The lowest BCUT2D eigenvalue weighted by Crippen LogP contribution is -2.56. The first kappa shape index (κ1) is 35.9. The molecule has 1 rings (SSSR count). The van der Waals surface area contributed by atoms with Crippen LogP contribution in [0.15, 0.2) is 29.3 Å². The quantitative estimate of drug-likeness (QED) is 0.0418. The number of benzene rings is 1. The van der Waals surface area contributed by atoms with Crippen molar-refractivity contribution in [3.8, 4) is 5.75 Å². The summed E-state index contributed by atoms with van der Waals surface area (Å²) in [6.07, 6.45) is 2.46. The van der Waals surface area contributed by atoms with E-state index in [1.807, 2.05) is 6.26 Å². The number of rotatable bonds is 19. The molecule has 1 aromatic rings. The van der Waals surface area contributed by atoms with Crippen molar-refractivity contribution in [3.63, 3.8) is 0 Å². The highest BCUT2D eigenvalue weighted by molar-refractivity contribution is 7.98. The third kappa shape index (κ3) is 14.0. The largest absolute Gasteiger partial charge is 0.508 e. The zero-order chi connectivity index (χ0) is 31.7. The number of nitrogens with zero attached hydrogens (tertiary/aromatic N) is 1. The Hall–Kier alpha value is -4.09. The Balaban J connectivity index is 2.67. The first-order chi connectivity index (χ1) is 19.9. The van der Waals surface area contributed by atoms with Crippen molar-refractivity contribution in [2.45, 2.75) is 49.9 Å². The zero-order valence-electron chi connectivity index (χ0n) is 23.2. The fourth-order valence-corrected chi connectivity index (χ4v) is 4.00. The van der Waals surface area contributed by atoms with Gasteiger partial charge in [-0.3, -0.25) is 24.2 Å². The summed E-state index contributed by atoms with van der Waals surface area (Å²) < 4.78 is 0. The Morgan fingerprint density at radius 1 is 0.929 bits per heavy atom. The van der Waals surface area contributed by atoms with Crippen molar-refractivity contribution in [1.29, 1.82) is 0 Å². The number of carbonyl (C=O) groups excluding carboxylic acids is 4. The SMILES string of the molecule is CSCC[C@H](NC(=O)[C@@H](N)Cc1ccc(O)cc1)C(=O)NCC(=O)N[C@@H](CO)C(=O)N[C@@H](CCCN=C(N)N)C(=O)O. The molecule has 0 radical (unpaired) electrons. The van der Waals surface area contributed by atoms with Crippen LogP contribution in [0.2, 0.25) is 0 Å². The predicted molar refractivity (Wildman–Crippen MR) is 156 cm³/mol. The van der Waals surface area contributed by atoms with Gasteiger partial charge in [-0.2, -0.15) is 11.8 Å². The first-order valence-corrected chi connectivity index (χ1v) is 14.4. The minimum Gasteiger partial charge on any atom is -0.508 e. The van der Waals surface area contributed by atoms with Gasteiger partial charge in [0.1, 0.15) is 23.9 Å². The van der Waals surface area contributed by atoms with E-state index in [4.69, 9.17) is 17.2 Å². The second-order valence-electron chi connectivity index (χ2n) is 9.19. The number of phenolic OH excluding ortho intramolecular Hbond substituents is 1. The Morgan fingerprint density at radius 3 is 2.14 bits per heavy atom. The van der Waals surface area contributed by atoms with E-state index in [2.05, 4.69) is 26.3 Å². The molecule has 0 saturated heterocycles. The molecule has 4 amide bonds. The van der Waals surface area contributed by atoms with Crippen LogP contribution in [0.3, 0.4) is 0 Å². The lowest BCUT2D eigenvalue weighted by atomic mass is 10.1. The van der Waals surface area contributed by atoms with Crippen molar-refractivity contribution >= 4 is 47.3 Å². The number of nitrogens with one attached hydrogen (secondary N) is 4. The van der Waals surface area contributed by atoms with Gasteiger partial charge in [0.2, 0.25) is 23.6 Å². The second-order valence-corrected chi connectivity index (χ2v) is 10.2. The molecule has 4 atom stereocenters. The maximum atomic E-state index is 12.8. The van der Waals surface area contributed by atoms with Gasteiger partial charge in [-0.25, -0.2) is 4.79 Å². The van der Waals surface area contributed by atoms with E-state index < -0.39 is 66.9 Å². The third-order valence-electron chi connectivity index (χ3n) is 5.79. The van der Waals surface area contributed by atoms with Crippen molar-refractivity contribution < 1.29 is 39.3 Å². The average Bonchev–Trinajstić information content (AvgIpc) is 2.94. The second kappa shape index (κ2) is 19.1. The number of carbonyl (C=O) groups is 5. The number of guanidine groups is 1. The number of aliphatic hydroxyl groups is 1. The number of carboxylic acids is 1. The summed E-state index contributed by atoms with van der Waals surface area (Å²) in [5, 5.41) is 37.8. The van der Waals surface area contributed by atoms with Crippen molar-refractivity contribution in [2.75, 3.05) is 31.7 Å². The molecule has 0 aliphatic rings. The van der Waals surface area contributed by atoms with E-state index >= 15 is 0 Å². The van der Waals surface area contributed by atoms with Crippen LogP contribution in [0.1, 0.15) is 24.8 Å². The molecule has 1 aromatic carbocycles. The summed E-state index contributed by atoms with van der Waals surface area (Å²) in [7, 11) is 0. The number of aliphatic imine (C=N–C) groups is 1. The maximum Gasteiger partial charge on any atom is 0.326 e. The van der Waals surface area contributed by atoms with Crippen molar-refractivity contribution in [2.24, 2.45) is 22.2 Å². The van der Waals surface area contributed by atoms with Gasteiger partial charge in [0.05, 0.1) is 19.2 Å². The highest BCUT2D eigenvalue weighted by atomic mass is 32.2. The molecule has 42 heavy (non-hydrogen) atoms. The van der Waals surface area contributed by atoms with Crippen LogP contribution in [-0.2, 0) is 30.4 Å². The summed E-state index contributed by atoms with van der Waals surface area (Å²) in [5.74, 6) is -3.94. The highest BCUT2D eigenvalue weighted by Gasteiger charge is 2.27. The molecule has 0 aliphatic carbocycles. The maximum absolute atomic E-state index is 12.8. The summed E-state index contributed by atoms with van der Waals surface area (Å²) >= 11 is 1.44. The zero-order valence-corrected chi connectivity index (χ0v) is 24.1. The Kier molecular flexibility index (Phi) is 16.3. The third-order valence-corrected chi connectivity index (χ3v) is 6.43. The van der Waals surface area contributed by atoms with Gasteiger partial charge in [0.15, 0.2) is 5.96 Å². The van der Waals surface area contributed by atoms with Crippen LogP contribution in [-0.4, -0.2) is 107 Å². The number of nitrogens with two attached hydrogens (primary N) is 3. The first-order valence-electron chi connectivity index (χ1n) is 13.0. The summed E-state index contributed by atoms with van der Waals surface area (Å²) in [6, 6.07) is 1.38. The molecule has 234 valence electrons. The van der Waals surface area contributed by atoms with Crippen molar-refractivity contribution in [3.05, 3.63) is 29.8 Å². The molecule has 0 saturated carbocycles. The molecule has 0 heterocycles. The topological polar surface area (TPSA) is 285 Å². The highest BCUT2D eigenvalue weighted by Crippen LogP contribution is 2.11. The van der Waals surface area contributed by atoms with Crippen LogP contribution in [0, 0.1) is 0 Å². The Morgan fingerprint density at radius 2 is 1.57 bits per heavy atom. The van der Waals surface area contributed by atoms with Gasteiger partial charge < -0.3 is 53.8 Å². The number of thioether (sulfide) groups is 1. The van der Waals surface area contributed by atoms with E-state index in [1.165, 1.54) is 23.9 Å². The number of aromatic hydroxyl groups is 1. The molecule has 16 nitrogen and oxygen atoms in total. The number of aliphatic hydroxyl groups excluding tert-OH is 1. The molecule has 13 N–H and O–H groups in total. The van der Waals surface area contributed by atoms with Gasteiger partial charge in [-0.1, -0.05) is 12.1 Å². The predicted octanol–water partition coefficient (Wildman–Crippen LogP) is -3.28. The van der Waals surface area contributed by atoms with Crippen LogP contribution in [0.5, 0.6) is 5.75 Å². The summed E-state index contributed by atoms with van der Waals surface area (Å²) in [5.41, 5.74) is 17.1. The minimum atomic E-state index is -1.49. The number of carboxylic acid groups (broad SMARTS) is 1. The number of phenols is 1. The van der Waals surface area contributed by atoms with Gasteiger partial charge in [-0.05, 0) is 55.4 Å². The molecule has 0 bridgehead atoms. The number of amides is 4. The molecule has 0 unspecified atom stereocenters. The van der Waals surface area contributed by atoms with E-state index in [-0.39, 0.29) is 43.9 Å². The fraction of sp³-hybridized carbons (Fsp3) is 0.520. The van der Waals surface area contributed by atoms with Gasteiger partial charge in [-0.15, -0.1) is 0 Å². The normalized spacial score (nSPS) is 13.5. The van der Waals surface area contributed by atoms with Crippen LogP contribution < -0.4 is 38.5 Å². The average molecular weight is 613 g/mol. The molecular formula is C25H40N8O8S. The van der Waals surface area contributed by atoms with E-state index in [0.717, 1.165) is 0 Å². The van der Waals surface area contributed by atoms with E-state index in [0.29, 0.717) is 11.3 Å². The van der Waals surface area contributed by atoms with Crippen molar-refractivity contribution in [1.82, 2.24) is 21.3 Å². The molecule has 0 fully saturated rings. The number of hydrogen-bond donors (Lipinski definition) is 10. The smallest absolute Gasteiger partial charge is 0.326 e.